The van der Waals surface area contributed by atoms with Crippen LogP contribution in [0.3, 0.4) is 0 Å². The molecule has 1 saturated heterocycles. The van der Waals surface area contributed by atoms with Gasteiger partial charge in [-0.05, 0) is 55.9 Å². The molecule has 2 aromatic carbocycles. The van der Waals surface area contributed by atoms with Gasteiger partial charge in [0.1, 0.15) is 6.61 Å². The van der Waals surface area contributed by atoms with Crippen LogP contribution in [0, 0.1) is 0 Å². The molecule has 1 aliphatic heterocycles. The lowest BCUT2D eigenvalue weighted by atomic mass is 9.91. The second kappa shape index (κ2) is 13.1. The Kier molecular flexibility index (Phi) is 9.42. The van der Waals surface area contributed by atoms with Crippen LogP contribution >= 0.6 is 0 Å². The van der Waals surface area contributed by atoms with Crippen molar-refractivity contribution in [2.45, 2.75) is 50.8 Å². The van der Waals surface area contributed by atoms with E-state index in [1.54, 1.807) is 17.0 Å². The molecule has 0 aromatic heterocycles. The van der Waals surface area contributed by atoms with Gasteiger partial charge in [-0.3, -0.25) is 10.1 Å². The third kappa shape index (κ3) is 7.38. The minimum absolute atomic E-state index is 0.0872. The van der Waals surface area contributed by atoms with Gasteiger partial charge in [0.25, 0.3) is 5.91 Å². The molecule has 38 heavy (non-hydrogen) atoms. The van der Waals surface area contributed by atoms with E-state index in [0.29, 0.717) is 37.4 Å². The number of amides is 3. The van der Waals surface area contributed by atoms with Gasteiger partial charge in [-0.25, -0.2) is 9.59 Å². The largest absolute Gasteiger partial charge is 0.453 e. The minimum Gasteiger partial charge on any atom is -0.453 e. The van der Waals surface area contributed by atoms with Crippen LogP contribution in [0.2, 0.25) is 0 Å². The zero-order chi connectivity index (χ0) is 26.9. The Morgan fingerprint density at radius 3 is 2.47 bits per heavy atom. The van der Waals surface area contributed by atoms with Crippen LogP contribution in [0.1, 0.15) is 48.0 Å². The normalized spacial score (nSPS) is 19.7. The van der Waals surface area contributed by atoms with Gasteiger partial charge >= 0.3 is 12.2 Å². The average Bonchev–Trinajstić information content (AvgIpc) is 3.19. The van der Waals surface area contributed by atoms with E-state index in [1.165, 1.54) is 7.11 Å². The summed E-state index contributed by atoms with van der Waals surface area (Å²) in [6.07, 6.45) is 3.26. The van der Waals surface area contributed by atoms with Gasteiger partial charge < -0.3 is 30.3 Å². The van der Waals surface area contributed by atoms with Crippen LogP contribution in [0.25, 0.3) is 0 Å². The Labute approximate surface area is 223 Å². The van der Waals surface area contributed by atoms with Crippen molar-refractivity contribution < 1.29 is 23.9 Å². The van der Waals surface area contributed by atoms with E-state index in [-0.39, 0.29) is 30.7 Å². The smallest absolute Gasteiger partial charge is 0.412 e. The van der Waals surface area contributed by atoms with Crippen LogP contribution in [0.4, 0.5) is 21.0 Å². The Balaban J connectivity index is 1.50. The molecule has 0 bridgehead atoms. The van der Waals surface area contributed by atoms with E-state index in [9.17, 15) is 14.4 Å². The van der Waals surface area contributed by atoms with Crippen molar-refractivity contribution in [3.8, 4) is 0 Å². The van der Waals surface area contributed by atoms with E-state index in [0.717, 1.165) is 43.4 Å². The fourth-order valence-electron chi connectivity index (χ4n) is 4.92. The number of rotatable bonds is 6. The number of hydrogen-bond acceptors (Lipinski definition) is 7. The molecule has 0 spiro atoms. The number of nitrogens with zero attached hydrogens (tertiary/aromatic N) is 2. The summed E-state index contributed by atoms with van der Waals surface area (Å²) in [5.41, 5.74) is 8.56. The van der Waals surface area contributed by atoms with Crippen molar-refractivity contribution >= 4 is 29.5 Å². The number of nitrogens with two attached hydrogens (primary N) is 1. The highest BCUT2D eigenvalue weighted by atomic mass is 16.5. The molecule has 0 atom stereocenters. The van der Waals surface area contributed by atoms with Crippen molar-refractivity contribution in [2.24, 2.45) is 5.73 Å². The number of ether oxygens (including phenoxy) is 2. The average molecular weight is 524 g/mol. The van der Waals surface area contributed by atoms with Crippen molar-refractivity contribution in [3.05, 3.63) is 59.7 Å². The second-order valence-electron chi connectivity index (χ2n) is 9.80. The molecule has 0 radical (unpaired) electrons. The summed E-state index contributed by atoms with van der Waals surface area (Å²) in [6.45, 7) is 2.42. The van der Waals surface area contributed by atoms with Crippen molar-refractivity contribution in [1.82, 2.24) is 10.2 Å². The minimum atomic E-state index is -0.611. The van der Waals surface area contributed by atoms with E-state index in [2.05, 4.69) is 15.5 Å². The molecule has 1 heterocycles. The van der Waals surface area contributed by atoms with Gasteiger partial charge in [-0.1, -0.05) is 30.3 Å². The fourth-order valence-corrected chi connectivity index (χ4v) is 4.92. The second-order valence-corrected chi connectivity index (χ2v) is 9.80. The summed E-state index contributed by atoms with van der Waals surface area (Å²) in [5, 5.41) is 5.95. The zero-order valence-electron chi connectivity index (χ0n) is 21.9. The van der Waals surface area contributed by atoms with Gasteiger partial charge in [0.2, 0.25) is 0 Å². The van der Waals surface area contributed by atoms with Crippen molar-refractivity contribution in [1.29, 1.82) is 0 Å². The topological polar surface area (TPSA) is 126 Å². The third-order valence-electron chi connectivity index (χ3n) is 7.08. The maximum atomic E-state index is 13.1. The van der Waals surface area contributed by atoms with Crippen molar-refractivity contribution in [2.75, 3.05) is 43.5 Å². The summed E-state index contributed by atoms with van der Waals surface area (Å²) < 4.78 is 10.3. The van der Waals surface area contributed by atoms with Crippen LogP contribution in [-0.4, -0.2) is 68.4 Å². The van der Waals surface area contributed by atoms with Crippen molar-refractivity contribution in [3.63, 3.8) is 0 Å². The fraction of sp³-hybridized carbons (Fsp3) is 0.464. The highest BCUT2D eigenvalue weighted by Crippen LogP contribution is 2.29. The maximum absolute atomic E-state index is 13.1. The highest BCUT2D eigenvalue weighted by Gasteiger charge is 2.24. The molecule has 1 saturated carbocycles. The van der Waals surface area contributed by atoms with E-state index < -0.39 is 6.09 Å². The lowest BCUT2D eigenvalue weighted by Gasteiger charge is -2.28. The molecule has 1 aliphatic carbocycles. The number of nitrogens with one attached hydrogen (secondary N) is 2. The summed E-state index contributed by atoms with van der Waals surface area (Å²) in [7, 11) is 1.37. The molecule has 2 fully saturated rings. The zero-order valence-corrected chi connectivity index (χ0v) is 21.9. The van der Waals surface area contributed by atoms with Gasteiger partial charge in [0.05, 0.1) is 18.5 Å². The third-order valence-corrected chi connectivity index (χ3v) is 7.08. The Hall–Kier alpha value is -3.79. The Morgan fingerprint density at radius 1 is 0.974 bits per heavy atom. The summed E-state index contributed by atoms with van der Waals surface area (Å²) in [6, 6.07) is 15.0. The first kappa shape index (κ1) is 27.3. The van der Waals surface area contributed by atoms with Gasteiger partial charge in [-0.2, -0.15) is 0 Å². The molecule has 4 N–H and O–H groups in total. The standard InChI is InChI=1S/C28H37N5O5/c1-37-28(36)33-15-5-14-32(16-17-33)25-13-8-21(26(34)30-23-11-9-22(29)10-12-23)18-24(25)31-27(35)38-19-20-6-3-2-4-7-20/h2-4,6-8,13,18,22-23H,5,9-12,14-17,19,29H2,1H3,(H,30,34)(H,31,35). The lowest BCUT2D eigenvalue weighted by molar-refractivity contribution is 0.0925. The van der Waals surface area contributed by atoms with Crippen LogP contribution in [0.5, 0.6) is 0 Å². The molecule has 10 nitrogen and oxygen atoms in total. The molecule has 3 amide bonds. The first-order chi connectivity index (χ1) is 18.4. The number of hydrogen-bond donors (Lipinski definition) is 3. The summed E-state index contributed by atoms with van der Waals surface area (Å²) in [4.78, 5) is 41.6. The monoisotopic (exact) mass is 523 g/mol. The molecule has 4 rings (SSSR count). The first-order valence-electron chi connectivity index (χ1n) is 13.2. The molecular formula is C28H37N5O5. The number of methoxy groups -OCH3 is 1. The van der Waals surface area contributed by atoms with E-state index in [4.69, 9.17) is 15.2 Å². The lowest BCUT2D eigenvalue weighted by Crippen LogP contribution is -2.40. The number of carbonyl (C=O) groups excluding carboxylic acids is 3. The highest BCUT2D eigenvalue weighted by molar-refractivity contribution is 5.98. The molecule has 2 aromatic rings. The summed E-state index contributed by atoms with van der Waals surface area (Å²) in [5.74, 6) is -0.189. The van der Waals surface area contributed by atoms with E-state index in [1.807, 2.05) is 36.4 Å². The van der Waals surface area contributed by atoms with Crippen LogP contribution < -0.4 is 21.3 Å². The Morgan fingerprint density at radius 2 is 1.74 bits per heavy atom. The predicted octanol–water partition coefficient (Wildman–Crippen LogP) is 3.71. The molecule has 10 heteroatoms. The van der Waals surface area contributed by atoms with Gasteiger partial charge in [0, 0.05) is 43.8 Å². The molecule has 0 unspecified atom stereocenters. The van der Waals surface area contributed by atoms with Gasteiger partial charge in [-0.15, -0.1) is 0 Å². The summed E-state index contributed by atoms with van der Waals surface area (Å²) >= 11 is 0. The number of benzene rings is 2. The number of carbonyl (C=O) groups is 3. The molecule has 2 aliphatic rings. The molecular weight excluding hydrogens is 486 g/mol. The Bertz CT molecular complexity index is 1100. The number of anilines is 2. The quantitative estimate of drug-likeness (QED) is 0.527. The van der Waals surface area contributed by atoms with Crippen LogP contribution in [0.15, 0.2) is 48.5 Å². The van der Waals surface area contributed by atoms with E-state index >= 15 is 0 Å². The maximum Gasteiger partial charge on any atom is 0.412 e. The first-order valence-corrected chi connectivity index (χ1v) is 13.2. The predicted molar refractivity (Wildman–Crippen MR) is 145 cm³/mol. The molecule has 204 valence electrons. The van der Waals surface area contributed by atoms with Crippen LogP contribution in [-0.2, 0) is 16.1 Å². The van der Waals surface area contributed by atoms with Gasteiger partial charge in [0.15, 0.2) is 0 Å². The SMILES string of the molecule is COC(=O)N1CCCN(c2ccc(C(=O)NC3CCC(N)CC3)cc2NC(=O)OCc2ccccc2)CC1.